The summed E-state index contributed by atoms with van der Waals surface area (Å²) in [4.78, 5) is 0. The van der Waals surface area contributed by atoms with Crippen LogP contribution in [0.5, 0.6) is 0 Å². The molecule has 1 saturated carbocycles. The lowest BCUT2D eigenvalue weighted by molar-refractivity contribution is -0.412. The highest BCUT2D eigenvalue weighted by molar-refractivity contribution is 5.03. The van der Waals surface area contributed by atoms with Crippen molar-refractivity contribution < 1.29 is 35.8 Å². The maximum Gasteiger partial charge on any atom is 0.426 e. The summed E-state index contributed by atoms with van der Waals surface area (Å²) in [7, 11) is 0. The first-order chi connectivity index (χ1) is 11.0. The van der Waals surface area contributed by atoms with Gasteiger partial charge in [0.15, 0.2) is 0 Å². The molecule has 0 bridgehead atoms. The van der Waals surface area contributed by atoms with Crippen LogP contribution in [0.2, 0.25) is 0 Å². The molecule has 0 radical (unpaired) electrons. The number of ether oxygens (including phenoxy) is 2. The molecule has 0 aliphatic heterocycles. The standard InChI is InChI=1S/C16H26F6O2/c1-4-11(3)12-7-6-8-13(9-12)14(15(17,18)19,16(20,21)22)24-10-23-5-2/h11-13H,4-10H2,1-3H3. The highest BCUT2D eigenvalue weighted by atomic mass is 19.4. The molecule has 144 valence electrons. The fraction of sp³-hybridized carbons (Fsp3) is 1.00. The molecule has 1 aliphatic carbocycles. The molecule has 0 aromatic heterocycles. The van der Waals surface area contributed by atoms with Gasteiger partial charge in [-0.1, -0.05) is 33.1 Å². The smallest absolute Gasteiger partial charge is 0.356 e. The van der Waals surface area contributed by atoms with Crippen molar-refractivity contribution >= 4 is 0 Å². The van der Waals surface area contributed by atoms with Crippen LogP contribution >= 0.6 is 0 Å². The number of alkyl halides is 6. The van der Waals surface area contributed by atoms with Crippen LogP contribution in [0.1, 0.15) is 52.9 Å². The second kappa shape index (κ2) is 8.25. The first kappa shape index (κ1) is 21.5. The molecule has 0 heterocycles. The molecular formula is C16H26F6O2. The van der Waals surface area contributed by atoms with Gasteiger partial charge < -0.3 is 9.47 Å². The molecule has 3 atom stereocenters. The molecule has 0 amide bonds. The zero-order chi connectivity index (χ0) is 18.6. The van der Waals surface area contributed by atoms with Gasteiger partial charge in [0.2, 0.25) is 0 Å². The average molecular weight is 364 g/mol. The molecule has 3 unspecified atom stereocenters. The van der Waals surface area contributed by atoms with Crippen molar-refractivity contribution in [2.75, 3.05) is 13.4 Å². The Bertz CT molecular complexity index is 366. The van der Waals surface area contributed by atoms with E-state index in [4.69, 9.17) is 0 Å². The Hall–Kier alpha value is -0.500. The van der Waals surface area contributed by atoms with Crippen molar-refractivity contribution in [1.29, 1.82) is 0 Å². The van der Waals surface area contributed by atoms with Crippen LogP contribution < -0.4 is 0 Å². The Labute approximate surface area is 138 Å². The van der Waals surface area contributed by atoms with Crippen molar-refractivity contribution in [3.63, 3.8) is 0 Å². The zero-order valence-corrected chi connectivity index (χ0v) is 14.3. The van der Waals surface area contributed by atoms with E-state index in [1.165, 1.54) is 6.92 Å². The van der Waals surface area contributed by atoms with Gasteiger partial charge >= 0.3 is 12.4 Å². The van der Waals surface area contributed by atoms with E-state index in [9.17, 15) is 26.3 Å². The maximum atomic E-state index is 13.6. The topological polar surface area (TPSA) is 18.5 Å². The molecule has 1 rings (SSSR count). The van der Waals surface area contributed by atoms with Crippen molar-refractivity contribution in [2.24, 2.45) is 17.8 Å². The average Bonchev–Trinajstić information content (AvgIpc) is 2.48. The summed E-state index contributed by atoms with van der Waals surface area (Å²) in [6.45, 7) is 4.19. The van der Waals surface area contributed by atoms with E-state index in [1.54, 1.807) is 0 Å². The number of rotatable bonds is 7. The van der Waals surface area contributed by atoms with Gasteiger partial charge in [-0.05, 0) is 31.6 Å². The number of hydrogen-bond acceptors (Lipinski definition) is 2. The zero-order valence-electron chi connectivity index (χ0n) is 14.3. The van der Waals surface area contributed by atoms with Crippen LogP contribution in [0.25, 0.3) is 0 Å². The van der Waals surface area contributed by atoms with Gasteiger partial charge in [0.05, 0.1) is 0 Å². The largest absolute Gasteiger partial charge is 0.426 e. The molecule has 0 aromatic carbocycles. The Kier molecular flexibility index (Phi) is 7.41. The second-order valence-corrected chi connectivity index (χ2v) is 6.50. The first-order valence-electron chi connectivity index (χ1n) is 8.36. The molecule has 8 heteroatoms. The van der Waals surface area contributed by atoms with E-state index in [0.717, 1.165) is 6.42 Å². The first-order valence-corrected chi connectivity index (χ1v) is 8.36. The van der Waals surface area contributed by atoms with Crippen LogP contribution in [-0.2, 0) is 9.47 Å². The molecule has 1 aliphatic rings. The van der Waals surface area contributed by atoms with E-state index in [-0.39, 0.29) is 31.3 Å². The molecular weight excluding hydrogens is 338 g/mol. The van der Waals surface area contributed by atoms with Crippen LogP contribution in [0.3, 0.4) is 0 Å². The molecule has 2 nitrogen and oxygen atoms in total. The van der Waals surface area contributed by atoms with Gasteiger partial charge in [0.25, 0.3) is 5.60 Å². The monoisotopic (exact) mass is 364 g/mol. The second-order valence-electron chi connectivity index (χ2n) is 6.50. The molecule has 24 heavy (non-hydrogen) atoms. The molecule has 0 aromatic rings. The van der Waals surface area contributed by atoms with E-state index in [0.29, 0.717) is 12.8 Å². The lowest BCUT2D eigenvalue weighted by atomic mass is 9.68. The Morgan fingerprint density at radius 3 is 2.04 bits per heavy atom. The van der Waals surface area contributed by atoms with Gasteiger partial charge in [-0.3, -0.25) is 0 Å². The quantitative estimate of drug-likeness (QED) is 0.327. The number of halogens is 6. The van der Waals surface area contributed by atoms with E-state index in [1.807, 2.05) is 13.8 Å². The Morgan fingerprint density at radius 2 is 1.58 bits per heavy atom. The van der Waals surface area contributed by atoms with Crippen LogP contribution in [0.4, 0.5) is 26.3 Å². The summed E-state index contributed by atoms with van der Waals surface area (Å²) in [5.74, 6) is -1.72. The summed E-state index contributed by atoms with van der Waals surface area (Å²) in [6, 6.07) is 0. The van der Waals surface area contributed by atoms with E-state index in [2.05, 4.69) is 9.47 Å². The van der Waals surface area contributed by atoms with Crippen molar-refractivity contribution in [2.45, 2.75) is 70.8 Å². The predicted molar refractivity (Wildman–Crippen MR) is 77.3 cm³/mol. The van der Waals surface area contributed by atoms with E-state index >= 15 is 0 Å². The van der Waals surface area contributed by atoms with Crippen molar-refractivity contribution in [3.8, 4) is 0 Å². The van der Waals surface area contributed by atoms with Crippen molar-refractivity contribution in [1.82, 2.24) is 0 Å². The van der Waals surface area contributed by atoms with Crippen LogP contribution in [-0.4, -0.2) is 31.4 Å². The summed E-state index contributed by atoms with van der Waals surface area (Å²) in [6.07, 6.45) is -9.68. The lowest BCUT2D eigenvalue weighted by Gasteiger charge is -2.46. The Morgan fingerprint density at radius 1 is 1.00 bits per heavy atom. The van der Waals surface area contributed by atoms with Gasteiger partial charge in [-0.25, -0.2) is 0 Å². The van der Waals surface area contributed by atoms with E-state index < -0.39 is 30.7 Å². The van der Waals surface area contributed by atoms with Crippen LogP contribution in [0.15, 0.2) is 0 Å². The molecule has 0 N–H and O–H groups in total. The van der Waals surface area contributed by atoms with Crippen molar-refractivity contribution in [3.05, 3.63) is 0 Å². The normalized spacial score (nSPS) is 24.9. The minimum atomic E-state index is -5.55. The number of hydrogen-bond donors (Lipinski definition) is 0. The summed E-state index contributed by atoms with van der Waals surface area (Å²) in [5, 5.41) is 0. The maximum absolute atomic E-state index is 13.6. The molecule has 1 fully saturated rings. The van der Waals surface area contributed by atoms with Gasteiger partial charge in [-0.15, -0.1) is 0 Å². The summed E-state index contributed by atoms with van der Waals surface area (Å²) >= 11 is 0. The van der Waals surface area contributed by atoms with Crippen LogP contribution in [0, 0.1) is 17.8 Å². The highest BCUT2D eigenvalue weighted by Crippen LogP contribution is 2.55. The third-order valence-corrected chi connectivity index (χ3v) is 5.15. The molecule has 0 spiro atoms. The fourth-order valence-corrected chi connectivity index (χ4v) is 3.57. The fourth-order valence-electron chi connectivity index (χ4n) is 3.57. The highest BCUT2D eigenvalue weighted by Gasteiger charge is 2.75. The summed E-state index contributed by atoms with van der Waals surface area (Å²) in [5.41, 5.74) is -4.17. The Balaban J connectivity index is 3.19. The van der Waals surface area contributed by atoms with Gasteiger partial charge in [-0.2, -0.15) is 26.3 Å². The summed E-state index contributed by atoms with van der Waals surface area (Å²) < 4.78 is 90.6. The molecule has 0 saturated heterocycles. The predicted octanol–water partition coefficient (Wildman–Crippen LogP) is 5.71. The third kappa shape index (κ3) is 4.36. The minimum Gasteiger partial charge on any atom is -0.356 e. The van der Waals surface area contributed by atoms with Gasteiger partial charge in [0, 0.05) is 12.5 Å². The van der Waals surface area contributed by atoms with Gasteiger partial charge in [0.1, 0.15) is 6.79 Å². The lowest BCUT2D eigenvalue weighted by Crippen LogP contribution is -2.64. The minimum absolute atomic E-state index is 0.0219. The third-order valence-electron chi connectivity index (χ3n) is 5.15. The SMILES string of the molecule is CCOCOC(C1CCCC(C(C)CC)C1)(C(F)(F)F)C(F)(F)F.